The van der Waals surface area contributed by atoms with Crippen LogP contribution < -0.4 is 9.47 Å². The Morgan fingerprint density at radius 3 is 2.29 bits per heavy atom. The summed E-state index contributed by atoms with van der Waals surface area (Å²) < 4.78 is 11.6. The Morgan fingerprint density at radius 2 is 1.62 bits per heavy atom. The number of rotatable bonds is 3. The van der Waals surface area contributed by atoms with E-state index in [0.717, 1.165) is 31.4 Å². The van der Waals surface area contributed by atoms with Gasteiger partial charge in [-0.15, -0.1) is 0 Å². The van der Waals surface area contributed by atoms with Crippen LogP contribution in [0.25, 0.3) is 0 Å². The van der Waals surface area contributed by atoms with E-state index >= 15 is 0 Å². The summed E-state index contributed by atoms with van der Waals surface area (Å²) in [7, 11) is 0. The number of nitrogens with zero attached hydrogens (tertiary/aromatic N) is 2. The number of pyridine rings is 1. The van der Waals surface area contributed by atoms with E-state index in [-0.39, 0.29) is 24.3 Å². The van der Waals surface area contributed by atoms with E-state index in [1.807, 2.05) is 35.2 Å². The van der Waals surface area contributed by atoms with Crippen LogP contribution in [0.4, 0.5) is 4.79 Å². The average Bonchev–Trinajstić information content (AvgIpc) is 2.88. The number of carbonyl (C=O) groups excluding carboxylic acids is 1. The molecule has 2 bridgehead atoms. The standard InChI is InChI=1S/C19H20N2O3/c22-19(24-16-4-2-1-3-5-16)21-14-6-7-15(21)13-18(12-14)23-17-8-10-20-11-9-17/h1-5,8-11,14-15,18H,6-7,12-13H2. The van der Waals surface area contributed by atoms with Crippen molar-refractivity contribution in [3.05, 3.63) is 54.9 Å². The molecule has 0 saturated carbocycles. The van der Waals surface area contributed by atoms with Gasteiger partial charge in [0.2, 0.25) is 0 Å². The third-order valence-corrected chi connectivity index (χ3v) is 4.80. The van der Waals surface area contributed by atoms with Crippen LogP contribution in [-0.4, -0.2) is 34.2 Å². The molecular formula is C19H20N2O3. The maximum absolute atomic E-state index is 12.5. The summed E-state index contributed by atoms with van der Waals surface area (Å²) in [5, 5.41) is 0. The highest BCUT2D eigenvalue weighted by Crippen LogP contribution is 2.37. The van der Waals surface area contributed by atoms with Crippen LogP contribution in [0.15, 0.2) is 54.9 Å². The number of hydrogen-bond donors (Lipinski definition) is 0. The van der Waals surface area contributed by atoms with Crippen LogP contribution in [0.5, 0.6) is 11.5 Å². The molecule has 0 aliphatic carbocycles. The average molecular weight is 324 g/mol. The first-order valence-electron chi connectivity index (χ1n) is 8.41. The molecule has 1 amide bonds. The normalized spacial score (nSPS) is 25.3. The van der Waals surface area contributed by atoms with Gasteiger partial charge in [-0.3, -0.25) is 4.98 Å². The van der Waals surface area contributed by atoms with E-state index in [9.17, 15) is 4.79 Å². The van der Waals surface area contributed by atoms with Crippen LogP contribution >= 0.6 is 0 Å². The van der Waals surface area contributed by atoms with E-state index in [4.69, 9.17) is 9.47 Å². The number of benzene rings is 1. The van der Waals surface area contributed by atoms with E-state index in [1.165, 1.54) is 0 Å². The number of amides is 1. The number of aromatic nitrogens is 1. The third kappa shape index (κ3) is 3.07. The van der Waals surface area contributed by atoms with Gasteiger partial charge < -0.3 is 14.4 Å². The first-order valence-corrected chi connectivity index (χ1v) is 8.41. The Hall–Kier alpha value is -2.56. The number of para-hydroxylation sites is 1. The molecule has 124 valence electrons. The van der Waals surface area contributed by atoms with E-state index in [2.05, 4.69) is 4.98 Å². The fourth-order valence-corrected chi connectivity index (χ4v) is 3.77. The molecule has 3 heterocycles. The zero-order chi connectivity index (χ0) is 16.4. The summed E-state index contributed by atoms with van der Waals surface area (Å²) in [5.74, 6) is 1.44. The van der Waals surface area contributed by atoms with Gasteiger partial charge in [-0.2, -0.15) is 0 Å². The summed E-state index contributed by atoms with van der Waals surface area (Å²) in [6, 6.07) is 13.4. The van der Waals surface area contributed by atoms with Crippen molar-refractivity contribution in [2.24, 2.45) is 0 Å². The second kappa shape index (κ2) is 6.51. The Bertz CT molecular complexity index is 678. The van der Waals surface area contributed by atoms with Crippen LogP contribution in [-0.2, 0) is 0 Å². The number of piperidine rings is 1. The maximum Gasteiger partial charge on any atom is 0.415 e. The Morgan fingerprint density at radius 1 is 0.958 bits per heavy atom. The Labute approximate surface area is 141 Å². The SMILES string of the molecule is O=C(Oc1ccccc1)N1C2CCC1CC(Oc1ccncc1)C2. The maximum atomic E-state index is 12.5. The van der Waals surface area contributed by atoms with Crippen molar-refractivity contribution < 1.29 is 14.3 Å². The lowest BCUT2D eigenvalue weighted by Gasteiger charge is -2.38. The molecule has 5 heteroatoms. The molecule has 2 unspecified atom stereocenters. The fraction of sp³-hybridized carbons (Fsp3) is 0.368. The predicted molar refractivity (Wildman–Crippen MR) is 89.0 cm³/mol. The molecule has 2 atom stereocenters. The molecule has 2 aliphatic heterocycles. The molecule has 0 N–H and O–H groups in total. The van der Waals surface area contributed by atoms with Gasteiger partial charge in [-0.05, 0) is 37.1 Å². The number of carbonyl (C=O) groups is 1. The van der Waals surface area contributed by atoms with E-state index in [1.54, 1.807) is 24.5 Å². The molecule has 5 nitrogen and oxygen atoms in total. The summed E-state index contributed by atoms with van der Waals surface area (Å²) >= 11 is 0. The van der Waals surface area contributed by atoms with Gasteiger partial charge in [0.25, 0.3) is 0 Å². The van der Waals surface area contributed by atoms with Crippen molar-refractivity contribution in [1.29, 1.82) is 0 Å². The van der Waals surface area contributed by atoms with Crippen LogP contribution in [0, 0.1) is 0 Å². The lowest BCUT2D eigenvalue weighted by Crippen LogP contribution is -2.50. The topological polar surface area (TPSA) is 51.7 Å². The van der Waals surface area contributed by atoms with Gasteiger partial charge in [0.1, 0.15) is 17.6 Å². The van der Waals surface area contributed by atoms with Crippen LogP contribution in [0.2, 0.25) is 0 Å². The van der Waals surface area contributed by atoms with Gasteiger partial charge >= 0.3 is 6.09 Å². The molecule has 4 rings (SSSR count). The van der Waals surface area contributed by atoms with Crippen molar-refractivity contribution in [3.63, 3.8) is 0 Å². The molecule has 2 aliphatic rings. The van der Waals surface area contributed by atoms with Gasteiger partial charge in [0, 0.05) is 37.3 Å². The third-order valence-electron chi connectivity index (χ3n) is 4.80. The minimum atomic E-state index is -0.240. The van der Waals surface area contributed by atoms with Crippen molar-refractivity contribution in [2.75, 3.05) is 0 Å². The summed E-state index contributed by atoms with van der Waals surface area (Å²) in [5.41, 5.74) is 0. The Balaban J connectivity index is 1.40. The fourth-order valence-electron chi connectivity index (χ4n) is 3.77. The van der Waals surface area contributed by atoms with Crippen molar-refractivity contribution in [2.45, 2.75) is 43.9 Å². The molecule has 1 aromatic carbocycles. The quantitative estimate of drug-likeness (QED) is 0.865. The molecule has 0 radical (unpaired) electrons. The van der Waals surface area contributed by atoms with Gasteiger partial charge in [0.05, 0.1) is 0 Å². The molecule has 2 aromatic rings. The smallest absolute Gasteiger partial charge is 0.415 e. The first kappa shape index (κ1) is 15.0. The van der Waals surface area contributed by atoms with Crippen LogP contribution in [0.3, 0.4) is 0 Å². The first-order chi connectivity index (χ1) is 11.8. The monoisotopic (exact) mass is 324 g/mol. The van der Waals surface area contributed by atoms with E-state index in [0.29, 0.717) is 5.75 Å². The molecule has 2 fully saturated rings. The minimum absolute atomic E-state index is 0.144. The number of ether oxygens (including phenoxy) is 2. The second-order valence-corrected chi connectivity index (χ2v) is 6.37. The number of hydrogen-bond acceptors (Lipinski definition) is 4. The summed E-state index contributed by atoms with van der Waals surface area (Å²) in [6.45, 7) is 0. The Kier molecular flexibility index (Phi) is 4.07. The second-order valence-electron chi connectivity index (χ2n) is 6.37. The number of fused-ring (bicyclic) bond motifs is 2. The van der Waals surface area contributed by atoms with Crippen molar-refractivity contribution in [1.82, 2.24) is 9.88 Å². The highest BCUT2D eigenvalue weighted by atomic mass is 16.6. The molecule has 24 heavy (non-hydrogen) atoms. The molecule has 1 aromatic heterocycles. The van der Waals surface area contributed by atoms with Crippen LogP contribution in [0.1, 0.15) is 25.7 Å². The highest BCUT2D eigenvalue weighted by molar-refractivity contribution is 5.72. The predicted octanol–water partition coefficient (Wildman–Crippen LogP) is 3.65. The summed E-state index contributed by atoms with van der Waals surface area (Å²) in [6.07, 6.45) is 7.11. The zero-order valence-electron chi connectivity index (χ0n) is 13.4. The summed E-state index contributed by atoms with van der Waals surface area (Å²) in [4.78, 5) is 18.5. The molecular weight excluding hydrogens is 304 g/mol. The van der Waals surface area contributed by atoms with E-state index < -0.39 is 0 Å². The lowest BCUT2D eigenvalue weighted by atomic mass is 10.0. The minimum Gasteiger partial charge on any atom is -0.490 e. The molecule has 2 saturated heterocycles. The largest absolute Gasteiger partial charge is 0.490 e. The lowest BCUT2D eigenvalue weighted by molar-refractivity contribution is 0.0527. The van der Waals surface area contributed by atoms with Gasteiger partial charge in [-0.1, -0.05) is 18.2 Å². The van der Waals surface area contributed by atoms with Gasteiger partial charge in [0.15, 0.2) is 0 Å². The zero-order valence-corrected chi connectivity index (χ0v) is 13.4. The van der Waals surface area contributed by atoms with Crippen molar-refractivity contribution >= 4 is 6.09 Å². The van der Waals surface area contributed by atoms with Gasteiger partial charge in [-0.25, -0.2) is 4.79 Å². The molecule has 0 spiro atoms. The highest BCUT2D eigenvalue weighted by Gasteiger charge is 2.45. The van der Waals surface area contributed by atoms with Crippen molar-refractivity contribution in [3.8, 4) is 11.5 Å².